The van der Waals surface area contributed by atoms with Crippen molar-refractivity contribution in [3.8, 4) is 0 Å². The van der Waals surface area contributed by atoms with Crippen molar-refractivity contribution in [3.05, 3.63) is 30.1 Å². The molecule has 0 aliphatic rings. The summed E-state index contributed by atoms with van der Waals surface area (Å²) in [4.78, 5) is 16.0. The van der Waals surface area contributed by atoms with Crippen LogP contribution in [0.5, 0.6) is 0 Å². The van der Waals surface area contributed by atoms with E-state index >= 15 is 0 Å². The fraction of sp³-hybridized carbons (Fsp3) is 0.467. The molecule has 0 heterocycles. The largest absolute Gasteiger partial charge is 0.383 e. The third-order valence-electron chi connectivity index (χ3n) is 2.65. The number of methoxy groups -OCH3 is 1. The van der Waals surface area contributed by atoms with Crippen LogP contribution in [-0.4, -0.2) is 44.7 Å². The van der Waals surface area contributed by atoms with E-state index in [1.807, 2.05) is 13.8 Å². The van der Waals surface area contributed by atoms with Gasteiger partial charge in [0, 0.05) is 25.4 Å². The topological polar surface area (TPSA) is 74.8 Å². The standard InChI is InChI=1S/C15H23FN4O2/c1-4-17-15(19-11(2)10-22-3)18-9-14(21)20-13-7-5-12(16)6-8-13/h5-8,11H,4,9-10H2,1-3H3,(H,20,21)(H2,17,18,19). The number of nitrogens with one attached hydrogen (secondary N) is 3. The second-order valence-electron chi connectivity index (χ2n) is 4.75. The number of carbonyl (C=O) groups excluding carboxylic acids is 1. The van der Waals surface area contributed by atoms with E-state index < -0.39 is 0 Å². The van der Waals surface area contributed by atoms with Gasteiger partial charge in [0.2, 0.25) is 5.91 Å². The fourth-order valence-corrected chi connectivity index (χ4v) is 1.73. The van der Waals surface area contributed by atoms with Gasteiger partial charge in [-0.3, -0.25) is 4.79 Å². The molecule has 1 rings (SSSR count). The van der Waals surface area contributed by atoms with Gasteiger partial charge in [-0.15, -0.1) is 0 Å². The van der Waals surface area contributed by atoms with Gasteiger partial charge in [0.25, 0.3) is 0 Å². The number of aliphatic imine (C=N–C) groups is 1. The molecule has 0 saturated heterocycles. The Morgan fingerprint density at radius 1 is 1.36 bits per heavy atom. The van der Waals surface area contributed by atoms with Crippen molar-refractivity contribution in [3.63, 3.8) is 0 Å². The van der Waals surface area contributed by atoms with Crippen molar-refractivity contribution in [2.45, 2.75) is 19.9 Å². The summed E-state index contributed by atoms with van der Waals surface area (Å²) in [5.74, 6) is -0.0775. The number of carbonyl (C=O) groups is 1. The average Bonchev–Trinajstić information content (AvgIpc) is 2.48. The molecule has 0 spiro atoms. The first-order valence-corrected chi connectivity index (χ1v) is 7.14. The first-order valence-electron chi connectivity index (χ1n) is 7.14. The van der Waals surface area contributed by atoms with Crippen LogP contribution in [0.2, 0.25) is 0 Å². The molecule has 0 aromatic heterocycles. The summed E-state index contributed by atoms with van der Waals surface area (Å²) in [5.41, 5.74) is 0.535. The summed E-state index contributed by atoms with van der Waals surface area (Å²) in [5, 5.41) is 8.83. The summed E-state index contributed by atoms with van der Waals surface area (Å²) in [6.45, 7) is 5.08. The number of hydrogen-bond acceptors (Lipinski definition) is 3. The summed E-state index contributed by atoms with van der Waals surface area (Å²) >= 11 is 0. The third-order valence-corrected chi connectivity index (χ3v) is 2.65. The fourth-order valence-electron chi connectivity index (χ4n) is 1.73. The van der Waals surface area contributed by atoms with E-state index in [2.05, 4.69) is 20.9 Å². The average molecular weight is 310 g/mol. The summed E-state index contributed by atoms with van der Waals surface area (Å²) in [6.07, 6.45) is 0. The van der Waals surface area contributed by atoms with Crippen molar-refractivity contribution in [2.75, 3.05) is 32.1 Å². The van der Waals surface area contributed by atoms with Gasteiger partial charge in [-0.25, -0.2) is 9.38 Å². The third kappa shape index (κ3) is 7.03. The van der Waals surface area contributed by atoms with Crippen LogP contribution in [0.1, 0.15) is 13.8 Å². The van der Waals surface area contributed by atoms with Gasteiger partial charge in [0.05, 0.1) is 6.61 Å². The lowest BCUT2D eigenvalue weighted by Crippen LogP contribution is -2.44. The highest BCUT2D eigenvalue weighted by Gasteiger charge is 2.06. The number of ether oxygens (including phenoxy) is 1. The zero-order valence-electron chi connectivity index (χ0n) is 13.1. The Labute approximate surface area is 130 Å². The Bertz CT molecular complexity index is 491. The van der Waals surface area contributed by atoms with Gasteiger partial charge < -0.3 is 20.7 Å². The first kappa shape index (κ1) is 17.9. The molecule has 0 aliphatic carbocycles. The minimum atomic E-state index is -0.346. The van der Waals surface area contributed by atoms with Crippen LogP contribution in [0, 0.1) is 5.82 Å². The molecule has 0 aliphatic heterocycles. The van der Waals surface area contributed by atoms with Gasteiger partial charge >= 0.3 is 0 Å². The molecule has 0 fully saturated rings. The van der Waals surface area contributed by atoms with E-state index in [1.54, 1.807) is 7.11 Å². The Morgan fingerprint density at radius 2 is 2.05 bits per heavy atom. The lowest BCUT2D eigenvalue weighted by molar-refractivity contribution is -0.114. The van der Waals surface area contributed by atoms with Crippen LogP contribution >= 0.6 is 0 Å². The Hall–Kier alpha value is -2.15. The number of amides is 1. The molecule has 1 aromatic rings. The van der Waals surface area contributed by atoms with Gasteiger partial charge in [-0.2, -0.15) is 0 Å². The molecule has 0 bridgehead atoms. The summed E-state index contributed by atoms with van der Waals surface area (Å²) in [7, 11) is 1.62. The Kier molecular flexibility index (Phi) is 7.91. The van der Waals surface area contributed by atoms with Crippen LogP contribution in [0.4, 0.5) is 10.1 Å². The number of anilines is 1. The maximum absolute atomic E-state index is 12.8. The van der Waals surface area contributed by atoms with Crippen molar-refractivity contribution in [1.29, 1.82) is 0 Å². The molecular weight excluding hydrogens is 287 g/mol. The lowest BCUT2D eigenvalue weighted by atomic mass is 10.3. The molecule has 1 aromatic carbocycles. The monoisotopic (exact) mass is 310 g/mol. The van der Waals surface area contributed by atoms with Crippen molar-refractivity contribution in [2.24, 2.45) is 4.99 Å². The molecule has 0 saturated carbocycles. The van der Waals surface area contributed by atoms with Crippen LogP contribution in [0.3, 0.4) is 0 Å². The van der Waals surface area contributed by atoms with Crippen LogP contribution in [0.15, 0.2) is 29.3 Å². The molecule has 22 heavy (non-hydrogen) atoms. The quantitative estimate of drug-likeness (QED) is 0.525. The van der Waals surface area contributed by atoms with E-state index in [9.17, 15) is 9.18 Å². The van der Waals surface area contributed by atoms with Gasteiger partial charge in [-0.05, 0) is 38.1 Å². The number of guanidine groups is 1. The molecule has 6 nitrogen and oxygen atoms in total. The van der Waals surface area contributed by atoms with Crippen LogP contribution < -0.4 is 16.0 Å². The minimum absolute atomic E-state index is 0.0353. The SMILES string of the molecule is CCNC(=NCC(=O)Nc1ccc(F)cc1)NC(C)COC. The predicted molar refractivity (Wildman–Crippen MR) is 85.5 cm³/mol. The summed E-state index contributed by atoms with van der Waals surface area (Å²) < 4.78 is 17.8. The van der Waals surface area contributed by atoms with Crippen molar-refractivity contribution in [1.82, 2.24) is 10.6 Å². The van der Waals surface area contributed by atoms with E-state index in [0.29, 0.717) is 24.8 Å². The number of hydrogen-bond donors (Lipinski definition) is 3. The molecule has 0 radical (unpaired) electrons. The van der Waals surface area contributed by atoms with E-state index in [4.69, 9.17) is 4.74 Å². The maximum atomic E-state index is 12.8. The van der Waals surface area contributed by atoms with Crippen molar-refractivity contribution >= 4 is 17.6 Å². The first-order chi connectivity index (χ1) is 10.5. The number of benzene rings is 1. The van der Waals surface area contributed by atoms with Crippen LogP contribution in [0.25, 0.3) is 0 Å². The van der Waals surface area contributed by atoms with Gasteiger partial charge in [0.1, 0.15) is 12.4 Å². The van der Waals surface area contributed by atoms with Gasteiger partial charge in [-0.1, -0.05) is 0 Å². The zero-order valence-corrected chi connectivity index (χ0v) is 13.1. The van der Waals surface area contributed by atoms with E-state index in [0.717, 1.165) is 0 Å². The highest BCUT2D eigenvalue weighted by molar-refractivity contribution is 5.94. The molecule has 1 unspecified atom stereocenters. The number of halogens is 1. The van der Waals surface area contributed by atoms with E-state index in [-0.39, 0.29) is 24.3 Å². The molecule has 1 atom stereocenters. The predicted octanol–water partition coefficient (Wildman–Crippen LogP) is 1.35. The maximum Gasteiger partial charge on any atom is 0.246 e. The Morgan fingerprint density at radius 3 is 2.64 bits per heavy atom. The van der Waals surface area contributed by atoms with Crippen LogP contribution in [-0.2, 0) is 9.53 Å². The van der Waals surface area contributed by atoms with Crippen molar-refractivity contribution < 1.29 is 13.9 Å². The zero-order chi connectivity index (χ0) is 16.4. The molecule has 7 heteroatoms. The smallest absolute Gasteiger partial charge is 0.246 e. The lowest BCUT2D eigenvalue weighted by Gasteiger charge is -2.16. The van der Waals surface area contributed by atoms with Gasteiger partial charge in [0.15, 0.2) is 5.96 Å². The summed E-state index contributed by atoms with van der Waals surface area (Å²) in [6, 6.07) is 5.65. The molecule has 122 valence electrons. The minimum Gasteiger partial charge on any atom is -0.383 e. The highest BCUT2D eigenvalue weighted by Crippen LogP contribution is 2.07. The number of nitrogens with zero attached hydrogens (tertiary/aromatic N) is 1. The number of rotatable bonds is 7. The highest BCUT2D eigenvalue weighted by atomic mass is 19.1. The normalized spacial score (nSPS) is 12.6. The molecule has 3 N–H and O–H groups in total. The second-order valence-corrected chi connectivity index (χ2v) is 4.75. The molecular formula is C15H23FN4O2. The van der Waals surface area contributed by atoms with E-state index in [1.165, 1.54) is 24.3 Å². The second kappa shape index (κ2) is 9.73. The molecule has 1 amide bonds. The Balaban J connectivity index is 2.53.